The zero-order valence-electron chi connectivity index (χ0n) is 19.2. The van der Waals surface area contributed by atoms with E-state index in [9.17, 15) is 4.79 Å². The van der Waals surface area contributed by atoms with Gasteiger partial charge in [-0.25, -0.2) is 4.98 Å². The van der Waals surface area contributed by atoms with Gasteiger partial charge in [-0.05, 0) is 55.8 Å². The van der Waals surface area contributed by atoms with Gasteiger partial charge in [0, 0.05) is 72.5 Å². The van der Waals surface area contributed by atoms with Crippen molar-refractivity contribution in [3.63, 3.8) is 0 Å². The molecule has 33 heavy (non-hydrogen) atoms. The molecule has 7 nitrogen and oxygen atoms in total. The lowest BCUT2D eigenvalue weighted by molar-refractivity contribution is 0.0995. The Bertz CT molecular complexity index is 1330. The number of carbonyl (C=O) groups excluding carboxylic acids is 1. The molecule has 0 spiro atoms. The maximum atomic E-state index is 11.7. The fraction of sp³-hybridized carbons (Fsp3) is 0.269. The molecular formula is C26H28N6O. The number of H-pyrrole nitrogens is 1. The normalized spacial score (nSPS) is 14.7. The molecule has 7 heteroatoms. The second kappa shape index (κ2) is 8.33. The smallest absolute Gasteiger partial charge is 0.267 e. The van der Waals surface area contributed by atoms with Crippen LogP contribution in [0.5, 0.6) is 0 Å². The van der Waals surface area contributed by atoms with Crippen molar-refractivity contribution >= 4 is 22.6 Å². The number of aromatic nitrogens is 3. The van der Waals surface area contributed by atoms with Gasteiger partial charge >= 0.3 is 0 Å². The molecule has 1 aliphatic heterocycles. The number of piperazine rings is 1. The number of nitrogens with two attached hydrogens (primary N) is 1. The highest BCUT2D eigenvalue weighted by molar-refractivity contribution is 5.98. The van der Waals surface area contributed by atoms with Crippen LogP contribution in [0.25, 0.3) is 33.3 Å². The summed E-state index contributed by atoms with van der Waals surface area (Å²) in [5.74, 6) is -0.509. The van der Waals surface area contributed by atoms with Crippen molar-refractivity contribution in [2.45, 2.75) is 13.8 Å². The van der Waals surface area contributed by atoms with Crippen molar-refractivity contribution in [2.75, 3.05) is 38.1 Å². The van der Waals surface area contributed by atoms with Crippen LogP contribution in [0.3, 0.4) is 0 Å². The molecule has 4 aromatic rings. The number of nitrogens with one attached hydrogen (secondary N) is 1. The van der Waals surface area contributed by atoms with Crippen molar-refractivity contribution in [3.05, 3.63) is 65.7 Å². The fourth-order valence-corrected chi connectivity index (χ4v) is 4.54. The van der Waals surface area contributed by atoms with Crippen molar-refractivity contribution in [3.8, 4) is 22.3 Å². The Morgan fingerprint density at radius 1 is 0.939 bits per heavy atom. The number of anilines is 1. The predicted octanol–water partition coefficient (Wildman–Crippen LogP) is 3.76. The number of amides is 1. The number of primary amides is 1. The first-order chi connectivity index (χ1) is 15.9. The van der Waals surface area contributed by atoms with E-state index >= 15 is 0 Å². The van der Waals surface area contributed by atoms with E-state index in [0.29, 0.717) is 5.69 Å². The van der Waals surface area contributed by atoms with Gasteiger partial charge in [0.2, 0.25) is 0 Å². The number of nitrogens with zero attached hydrogens (tertiary/aromatic N) is 4. The second-order valence-electron chi connectivity index (χ2n) is 8.79. The average molecular weight is 441 g/mol. The molecule has 168 valence electrons. The Labute approximate surface area is 193 Å². The minimum atomic E-state index is -0.509. The van der Waals surface area contributed by atoms with Crippen LogP contribution in [-0.2, 0) is 0 Å². The molecule has 3 aromatic heterocycles. The van der Waals surface area contributed by atoms with Crippen LogP contribution >= 0.6 is 0 Å². The highest BCUT2D eigenvalue weighted by Gasteiger charge is 2.17. The van der Waals surface area contributed by atoms with E-state index in [4.69, 9.17) is 5.73 Å². The standard InChI is InChI=1S/C26H28N6O/c1-16-17(2)24(25(27)33)28-14-22(16)23-15-30-26-21(23)12-19(13-29-26)18-4-6-20(7-5-18)32-10-8-31(3)9-11-32/h4-7,12-15H,8-11H2,1-3H3,(H2,27,33)(H,29,30). The summed E-state index contributed by atoms with van der Waals surface area (Å²) in [6.07, 6.45) is 5.58. The number of rotatable bonds is 4. The van der Waals surface area contributed by atoms with Gasteiger partial charge in [-0.3, -0.25) is 9.78 Å². The molecule has 1 saturated heterocycles. The van der Waals surface area contributed by atoms with Crippen LogP contribution in [0.2, 0.25) is 0 Å². The average Bonchev–Trinajstić information content (AvgIpc) is 3.24. The minimum Gasteiger partial charge on any atom is -0.369 e. The molecule has 5 rings (SSSR count). The highest BCUT2D eigenvalue weighted by atomic mass is 16.1. The zero-order valence-corrected chi connectivity index (χ0v) is 19.2. The van der Waals surface area contributed by atoms with Crippen LogP contribution < -0.4 is 10.6 Å². The molecule has 0 radical (unpaired) electrons. The molecule has 0 atom stereocenters. The molecule has 0 unspecified atom stereocenters. The molecule has 0 bridgehead atoms. The van der Waals surface area contributed by atoms with E-state index in [-0.39, 0.29) is 0 Å². The summed E-state index contributed by atoms with van der Waals surface area (Å²) >= 11 is 0. The third-order valence-electron chi connectivity index (χ3n) is 6.77. The summed E-state index contributed by atoms with van der Waals surface area (Å²) in [6.45, 7) is 8.16. The van der Waals surface area contributed by atoms with Gasteiger partial charge < -0.3 is 20.5 Å². The summed E-state index contributed by atoms with van der Waals surface area (Å²) in [6, 6.07) is 10.9. The fourth-order valence-electron chi connectivity index (χ4n) is 4.54. The third-order valence-corrected chi connectivity index (χ3v) is 6.77. The molecular weight excluding hydrogens is 412 g/mol. The van der Waals surface area contributed by atoms with E-state index in [1.165, 1.54) is 5.69 Å². The van der Waals surface area contributed by atoms with E-state index in [1.807, 2.05) is 26.2 Å². The lowest BCUT2D eigenvalue weighted by Gasteiger charge is -2.34. The summed E-state index contributed by atoms with van der Waals surface area (Å²) in [4.78, 5) is 28.7. The van der Waals surface area contributed by atoms with Crippen LogP contribution in [0.15, 0.2) is 48.9 Å². The Morgan fingerprint density at radius 2 is 1.67 bits per heavy atom. The number of aromatic amines is 1. The van der Waals surface area contributed by atoms with E-state index in [0.717, 1.165) is 70.6 Å². The molecule has 1 amide bonds. The van der Waals surface area contributed by atoms with Crippen LogP contribution in [0, 0.1) is 13.8 Å². The monoisotopic (exact) mass is 440 g/mol. The second-order valence-corrected chi connectivity index (χ2v) is 8.79. The van der Waals surface area contributed by atoms with Gasteiger partial charge in [0.1, 0.15) is 11.3 Å². The van der Waals surface area contributed by atoms with E-state index < -0.39 is 5.91 Å². The van der Waals surface area contributed by atoms with Crippen molar-refractivity contribution in [2.24, 2.45) is 5.73 Å². The first-order valence-corrected chi connectivity index (χ1v) is 11.2. The quantitative estimate of drug-likeness (QED) is 0.504. The van der Waals surface area contributed by atoms with Crippen molar-refractivity contribution < 1.29 is 4.79 Å². The Hall–Kier alpha value is -3.71. The number of fused-ring (bicyclic) bond motifs is 1. The molecule has 1 fully saturated rings. The molecule has 0 saturated carbocycles. The van der Waals surface area contributed by atoms with Gasteiger partial charge in [0.15, 0.2) is 0 Å². The molecule has 0 aliphatic carbocycles. The van der Waals surface area contributed by atoms with Gasteiger partial charge in [0.25, 0.3) is 5.91 Å². The first kappa shape index (κ1) is 21.2. The maximum Gasteiger partial charge on any atom is 0.267 e. The largest absolute Gasteiger partial charge is 0.369 e. The Kier molecular flexibility index (Phi) is 5.34. The van der Waals surface area contributed by atoms with E-state index in [1.54, 1.807) is 6.20 Å². The van der Waals surface area contributed by atoms with Crippen LogP contribution in [0.1, 0.15) is 21.6 Å². The van der Waals surface area contributed by atoms with Crippen molar-refractivity contribution in [1.82, 2.24) is 19.9 Å². The lowest BCUT2D eigenvalue weighted by atomic mass is 9.97. The first-order valence-electron chi connectivity index (χ1n) is 11.2. The summed E-state index contributed by atoms with van der Waals surface area (Å²) in [7, 11) is 2.17. The Morgan fingerprint density at radius 3 is 2.36 bits per heavy atom. The van der Waals surface area contributed by atoms with E-state index in [2.05, 4.69) is 62.1 Å². The predicted molar refractivity (Wildman–Crippen MR) is 132 cm³/mol. The number of carbonyl (C=O) groups is 1. The Balaban J connectivity index is 1.49. The number of pyridine rings is 2. The molecule has 4 heterocycles. The van der Waals surface area contributed by atoms with Crippen LogP contribution in [0.4, 0.5) is 5.69 Å². The molecule has 1 aliphatic rings. The summed E-state index contributed by atoms with van der Waals surface area (Å²) in [5, 5.41) is 1.02. The summed E-state index contributed by atoms with van der Waals surface area (Å²) in [5.41, 5.74) is 13.8. The van der Waals surface area contributed by atoms with Gasteiger partial charge in [-0.1, -0.05) is 12.1 Å². The maximum absolute atomic E-state index is 11.7. The minimum absolute atomic E-state index is 0.315. The van der Waals surface area contributed by atoms with Crippen molar-refractivity contribution in [1.29, 1.82) is 0 Å². The van der Waals surface area contributed by atoms with Gasteiger partial charge in [-0.2, -0.15) is 0 Å². The number of hydrogen-bond donors (Lipinski definition) is 2. The summed E-state index contributed by atoms with van der Waals surface area (Å²) < 4.78 is 0. The number of hydrogen-bond acceptors (Lipinski definition) is 5. The third kappa shape index (κ3) is 3.85. The van der Waals surface area contributed by atoms with Gasteiger partial charge in [-0.15, -0.1) is 0 Å². The zero-order chi connectivity index (χ0) is 23.1. The molecule has 1 aromatic carbocycles. The number of likely N-dealkylation sites (N-methyl/N-ethyl adjacent to an activating group) is 1. The lowest BCUT2D eigenvalue weighted by Crippen LogP contribution is -2.44. The van der Waals surface area contributed by atoms with Crippen LogP contribution in [-0.4, -0.2) is 59.0 Å². The SMILES string of the molecule is Cc1c(-c2c[nH]c3ncc(-c4ccc(N5CCN(C)CC5)cc4)cc23)cnc(C(N)=O)c1C. The number of benzene rings is 1. The van der Waals surface area contributed by atoms with Gasteiger partial charge in [0.05, 0.1) is 0 Å². The topological polar surface area (TPSA) is 91.1 Å². The molecule has 3 N–H and O–H groups in total. The highest BCUT2D eigenvalue weighted by Crippen LogP contribution is 2.34.